The van der Waals surface area contributed by atoms with Crippen LogP contribution in [0.4, 0.5) is 10.1 Å². The summed E-state index contributed by atoms with van der Waals surface area (Å²) in [7, 11) is 0. The van der Waals surface area contributed by atoms with Crippen molar-refractivity contribution in [1.29, 1.82) is 0 Å². The van der Waals surface area contributed by atoms with E-state index in [1.54, 1.807) is 18.3 Å². The van der Waals surface area contributed by atoms with Gasteiger partial charge >= 0.3 is 0 Å². The summed E-state index contributed by atoms with van der Waals surface area (Å²) in [6.07, 6.45) is 1.72. The van der Waals surface area contributed by atoms with Crippen molar-refractivity contribution in [3.05, 3.63) is 54.1 Å². The minimum absolute atomic E-state index is 0.304. The zero-order valence-electron chi connectivity index (χ0n) is 10.2. The first-order chi connectivity index (χ1) is 8.78. The molecule has 94 valence electrons. The number of ether oxygens (including phenoxy) is 1. The van der Waals surface area contributed by atoms with Gasteiger partial charge in [0.25, 0.3) is 0 Å². The lowest BCUT2D eigenvalue weighted by Crippen LogP contribution is -2.01. The highest BCUT2D eigenvalue weighted by Crippen LogP contribution is 2.14. The highest BCUT2D eigenvalue weighted by atomic mass is 19.1. The largest absolute Gasteiger partial charge is 0.487 e. The van der Waals surface area contributed by atoms with Crippen LogP contribution in [0.1, 0.15) is 12.6 Å². The summed E-state index contributed by atoms with van der Waals surface area (Å²) in [6.45, 7) is 3.21. The Bertz CT molecular complexity index is 517. The molecule has 0 amide bonds. The number of nitrogens with one attached hydrogen (secondary N) is 1. The van der Waals surface area contributed by atoms with Gasteiger partial charge in [0.15, 0.2) is 0 Å². The second-order valence-corrected chi connectivity index (χ2v) is 3.81. The van der Waals surface area contributed by atoms with Gasteiger partial charge in [0, 0.05) is 24.5 Å². The first-order valence-electron chi connectivity index (χ1n) is 5.85. The Labute approximate surface area is 106 Å². The van der Waals surface area contributed by atoms with Crippen molar-refractivity contribution in [3.63, 3.8) is 0 Å². The highest BCUT2D eigenvalue weighted by Gasteiger charge is 2.00. The molecule has 0 spiro atoms. The van der Waals surface area contributed by atoms with Crippen molar-refractivity contribution in [1.82, 2.24) is 4.98 Å². The second-order valence-electron chi connectivity index (χ2n) is 3.81. The Kier molecular flexibility index (Phi) is 4.12. The summed E-state index contributed by atoms with van der Waals surface area (Å²) < 4.78 is 18.4. The van der Waals surface area contributed by atoms with Crippen LogP contribution < -0.4 is 10.1 Å². The Morgan fingerprint density at radius 1 is 1.28 bits per heavy atom. The van der Waals surface area contributed by atoms with Gasteiger partial charge in [-0.3, -0.25) is 4.98 Å². The SMILES string of the molecule is CCNc1ccnc(COc2cccc(F)c2)c1. The number of hydrogen-bond acceptors (Lipinski definition) is 3. The highest BCUT2D eigenvalue weighted by molar-refractivity contribution is 5.42. The first-order valence-corrected chi connectivity index (χ1v) is 5.85. The zero-order chi connectivity index (χ0) is 12.8. The van der Waals surface area contributed by atoms with Gasteiger partial charge in [0.2, 0.25) is 0 Å². The lowest BCUT2D eigenvalue weighted by atomic mass is 10.3. The van der Waals surface area contributed by atoms with Crippen molar-refractivity contribution < 1.29 is 9.13 Å². The van der Waals surface area contributed by atoms with Crippen molar-refractivity contribution in [2.45, 2.75) is 13.5 Å². The molecule has 0 bridgehead atoms. The molecule has 2 aromatic rings. The summed E-state index contributed by atoms with van der Waals surface area (Å²) >= 11 is 0. The van der Waals surface area contributed by atoms with Crippen molar-refractivity contribution >= 4 is 5.69 Å². The van der Waals surface area contributed by atoms with Crippen molar-refractivity contribution in [2.75, 3.05) is 11.9 Å². The zero-order valence-corrected chi connectivity index (χ0v) is 10.2. The van der Waals surface area contributed by atoms with Crippen LogP contribution >= 0.6 is 0 Å². The molecule has 0 saturated heterocycles. The van der Waals surface area contributed by atoms with E-state index in [1.807, 2.05) is 19.1 Å². The fraction of sp³-hybridized carbons (Fsp3) is 0.214. The molecule has 1 N–H and O–H groups in total. The molecule has 3 nitrogen and oxygen atoms in total. The number of nitrogens with zero attached hydrogens (tertiary/aromatic N) is 1. The van der Waals surface area contributed by atoms with Crippen molar-refractivity contribution in [2.24, 2.45) is 0 Å². The van der Waals surface area contributed by atoms with Crippen LogP contribution in [-0.4, -0.2) is 11.5 Å². The Morgan fingerprint density at radius 3 is 2.94 bits per heavy atom. The van der Waals surface area contributed by atoms with Crippen LogP contribution in [0.2, 0.25) is 0 Å². The number of anilines is 1. The van der Waals surface area contributed by atoms with E-state index in [-0.39, 0.29) is 5.82 Å². The molecule has 0 saturated carbocycles. The molecule has 0 aliphatic rings. The topological polar surface area (TPSA) is 34.2 Å². The van der Waals surface area contributed by atoms with Gasteiger partial charge < -0.3 is 10.1 Å². The van der Waals surface area contributed by atoms with E-state index in [0.717, 1.165) is 17.9 Å². The Balaban J connectivity index is 1.99. The lowest BCUT2D eigenvalue weighted by Gasteiger charge is -2.07. The molecule has 2 rings (SSSR count). The molecule has 0 unspecified atom stereocenters. The van der Waals surface area contributed by atoms with Gasteiger partial charge in [0.05, 0.1) is 5.69 Å². The quantitative estimate of drug-likeness (QED) is 0.879. The number of pyridine rings is 1. The van der Waals surface area contributed by atoms with E-state index in [4.69, 9.17) is 4.74 Å². The lowest BCUT2D eigenvalue weighted by molar-refractivity contribution is 0.300. The van der Waals surface area contributed by atoms with Gasteiger partial charge in [-0.1, -0.05) is 6.07 Å². The number of halogens is 1. The fourth-order valence-electron chi connectivity index (χ4n) is 1.59. The summed E-state index contributed by atoms with van der Waals surface area (Å²) in [5.41, 5.74) is 1.81. The minimum atomic E-state index is -0.304. The van der Waals surface area contributed by atoms with E-state index in [9.17, 15) is 4.39 Å². The second kappa shape index (κ2) is 6.00. The smallest absolute Gasteiger partial charge is 0.130 e. The number of aromatic nitrogens is 1. The van der Waals surface area contributed by atoms with Crippen LogP contribution in [0, 0.1) is 5.82 Å². The third-order valence-corrected chi connectivity index (χ3v) is 2.38. The molecular weight excluding hydrogens is 231 g/mol. The molecule has 0 aliphatic heterocycles. The standard InChI is InChI=1S/C14H15FN2O/c1-2-16-12-6-7-17-13(9-12)10-18-14-5-3-4-11(15)8-14/h3-9H,2,10H2,1H3,(H,16,17). The Morgan fingerprint density at radius 2 is 2.17 bits per heavy atom. The number of benzene rings is 1. The molecule has 0 aliphatic carbocycles. The van der Waals surface area contributed by atoms with Crippen LogP contribution in [0.5, 0.6) is 5.75 Å². The summed E-state index contributed by atoms with van der Waals surface area (Å²) in [5.74, 6) is 0.201. The molecule has 1 aromatic carbocycles. The molecule has 18 heavy (non-hydrogen) atoms. The van der Waals surface area contributed by atoms with E-state index in [2.05, 4.69) is 10.3 Å². The van der Waals surface area contributed by atoms with Crippen LogP contribution in [-0.2, 0) is 6.61 Å². The predicted molar refractivity (Wildman–Crippen MR) is 69.1 cm³/mol. The average molecular weight is 246 g/mol. The molecular formula is C14H15FN2O. The van der Waals surface area contributed by atoms with E-state index >= 15 is 0 Å². The van der Waals surface area contributed by atoms with E-state index in [0.29, 0.717) is 12.4 Å². The normalized spacial score (nSPS) is 10.1. The maximum absolute atomic E-state index is 13.0. The van der Waals surface area contributed by atoms with Gasteiger partial charge in [-0.15, -0.1) is 0 Å². The molecule has 0 atom stereocenters. The van der Waals surface area contributed by atoms with Gasteiger partial charge in [-0.05, 0) is 31.2 Å². The van der Waals surface area contributed by atoms with E-state index < -0.39 is 0 Å². The first kappa shape index (κ1) is 12.4. The minimum Gasteiger partial charge on any atom is -0.487 e. The third kappa shape index (κ3) is 3.45. The van der Waals surface area contributed by atoms with Crippen LogP contribution in [0.25, 0.3) is 0 Å². The molecule has 0 fully saturated rings. The third-order valence-electron chi connectivity index (χ3n) is 2.38. The van der Waals surface area contributed by atoms with Crippen molar-refractivity contribution in [3.8, 4) is 5.75 Å². The summed E-state index contributed by atoms with van der Waals surface area (Å²) in [5, 5.41) is 3.20. The Hall–Kier alpha value is -2.10. The van der Waals surface area contributed by atoms with Gasteiger partial charge in [-0.2, -0.15) is 0 Å². The molecule has 4 heteroatoms. The maximum Gasteiger partial charge on any atom is 0.130 e. The van der Waals surface area contributed by atoms with Gasteiger partial charge in [-0.25, -0.2) is 4.39 Å². The number of hydrogen-bond donors (Lipinski definition) is 1. The number of rotatable bonds is 5. The summed E-state index contributed by atoms with van der Waals surface area (Å²) in [4.78, 5) is 4.20. The van der Waals surface area contributed by atoms with E-state index in [1.165, 1.54) is 12.1 Å². The fourth-order valence-corrected chi connectivity index (χ4v) is 1.59. The molecule has 1 heterocycles. The van der Waals surface area contributed by atoms with Crippen LogP contribution in [0.15, 0.2) is 42.6 Å². The average Bonchev–Trinajstić information content (AvgIpc) is 2.37. The van der Waals surface area contributed by atoms with Gasteiger partial charge in [0.1, 0.15) is 18.2 Å². The predicted octanol–water partition coefficient (Wildman–Crippen LogP) is 3.23. The van der Waals surface area contributed by atoms with Crippen LogP contribution in [0.3, 0.4) is 0 Å². The summed E-state index contributed by atoms with van der Waals surface area (Å²) in [6, 6.07) is 9.90. The molecule has 1 aromatic heterocycles. The maximum atomic E-state index is 13.0. The monoisotopic (exact) mass is 246 g/mol. The molecule has 0 radical (unpaired) electrons.